The Labute approximate surface area is 241 Å². The van der Waals surface area contributed by atoms with Gasteiger partial charge in [0.1, 0.15) is 0 Å². The maximum absolute atomic E-state index is 12.9. The van der Waals surface area contributed by atoms with Gasteiger partial charge >= 0.3 is 5.97 Å². The molecule has 1 saturated heterocycles. The SMILES string of the molecule is COc1cc2cc(c1OC)OCCCC(n1nnc(-c3ccccc3)n1)CCN1CCCN(CCCOC2=O)CC1. The topological polar surface area (TPSA) is 104 Å². The molecule has 3 heterocycles. The van der Waals surface area contributed by atoms with Crippen LogP contribution in [-0.4, -0.2) is 103 Å². The lowest BCUT2D eigenvalue weighted by Crippen LogP contribution is -2.33. The molecule has 0 radical (unpaired) electrons. The highest BCUT2D eigenvalue weighted by Crippen LogP contribution is 2.39. The van der Waals surface area contributed by atoms with Crippen molar-refractivity contribution in [3.63, 3.8) is 0 Å². The van der Waals surface area contributed by atoms with Crippen LogP contribution < -0.4 is 14.2 Å². The average Bonchev–Trinajstić information content (AvgIpc) is 3.39. The number of esters is 1. The van der Waals surface area contributed by atoms with Crippen molar-refractivity contribution in [3.8, 4) is 28.6 Å². The van der Waals surface area contributed by atoms with Gasteiger partial charge in [-0.2, -0.15) is 4.80 Å². The number of cyclic esters (lactones) is 1. The van der Waals surface area contributed by atoms with Gasteiger partial charge in [0.2, 0.25) is 11.6 Å². The number of ether oxygens (including phenoxy) is 4. The third kappa shape index (κ3) is 7.53. The van der Waals surface area contributed by atoms with Gasteiger partial charge in [0.15, 0.2) is 11.5 Å². The van der Waals surface area contributed by atoms with Crippen LogP contribution in [0.15, 0.2) is 42.5 Å². The number of nitrogens with zero attached hydrogens (tertiary/aromatic N) is 6. The number of aromatic nitrogens is 4. The molecule has 0 N–H and O–H groups in total. The lowest BCUT2D eigenvalue weighted by Gasteiger charge is -2.24. The lowest BCUT2D eigenvalue weighted by atomic mass is 10.1. The Morgan fingerprint density at radius 1 is 0.805 bits per heavy atom. The minimum atomic E-state index is -0.401. The summed E-state index contributed by atoms with van der Waals surface area (Å²) in [6, 6.07) is 13.3. The molecule has 220 valence electrons. The molecule has 2 aliphatic heterocycles. The van der Waals surface area contributed by atoms with Crippen molar-refractivity contribution in [1.82, 2.24) is 30.0 Å². The van der Waals surface area contributed by atoms with Gasteiger partial charge in [-0.1, -0.05) is 30.3 Å². The number of fused-ring (bicyclic) bond motifs is 5. The van der Waals surface area contributed by atoms with Gasteiger partial charge in [0.05, 0.1) is 39.0 Å². The van der Waals surface area contributed by atoms with Gasteiger partial charge in [-0.25, -0.2) is 4.79 Å². The van der Waals surface area contributed by atoms with Crippen LogP contribution in [0.4, 0.5) is 0 Å². The summed E-state index contributed by atoms with van der Waals surface area (Å²) in [6.07, 6.45) is 4.38. The maximum atomic E-state index is 12.9. The minimum absolute atomic E-state index is 0.0720. The van der Waals surface area contributed by atoms with Crippen molar-refractivity contribution < 1.29 is 23.7 Å². The molecule has 1 fully saturated rings. The van der Waals surface area contributed by atoms with Crippen molar-refractivity contribution in [1.29, 1.82) is 0 Å². The quantitative estimate of drug-likeness (QED) is 0.436. The Kier molecular flexibility index (Phi) is 10.0. The van der Waals surface area contributed by atoms with Gasteiger partial charge in [0.25, 0.3) is 0 Å². The molecule has 0 saturated carbocycles. The molecule has 3 atom stereocenters. The number of hydrogen-bond acceptors (Lipinski definition) is 10. The predicted molar refractivity (Wildman–Crippen MR) is 154 cm³/mol. The third-order valence-corrected chi connectivity index (χ3v) is 7.72. The maximum Gasteiger partial charge on any atom is 0.338 e. The highest BCUT2D eigenvalue weighted by atomic mass is 16.5. The first-order valence-corrected chi connectivity index (χ1v) is 14.5. The summed E-state index contributed by atoms with van der Waals surface area (Å²) in [7, 11) is 3.10. The van der Waals surface area contributed by atoms with Crippen LogP contribution in [-0.2, 0) is 4.74 Å². The number of methoxy groups -OCH3 is 2. The summed E-state index contributed by atoms with van der Waals surface area (Å²) in [5, 5.41) is 13.6. The van der Waals surface area contributed by atoms with Crippen molar-refractivity contribution in [3.05, 3.63) is 48.0 Å². The van der Waals surface area contributed by atoms with Gasteiger partial charge in [-0.05, 0) is 62.5 Å². The second-order valence-electron chi connectivity index (χ2n) is 10.5. The first kappa shape index (κ1) is 28.8. The zero-order chi connectivity index (χ0) is 28.4. The molecular formula is C30H40N6O5. The monoisotopic (exact) mass is 564 g/mol. The zero-order valence-electron chi connectivity index (χ0n) is 24.0. The van der Waals surface area contributed by atoms with Gasteiger partial charge in [0, 0.05) is 31.7 Å². The van der Waals surface area contributed by atoms with Crippen LogP contribution in [0.2, 0.25) is 0 Å². The fraction of sp³-hybridized carbons (Fsp3) is 0.533. The zero-order valence-corrected chi connectivity index (χ0v) is 24.0. The van der Waals surface area contributed by atoms with E-state index in [9.17, 15) is 4.79 Å². The Bertz CT molecular complexity index is 1270. The minimum Gasteiger partial charge on any atom is -0.493 e. The molecular weight excluding hydrogens is 524 g/mol. The molecule has 1 aromatic heterocycles. The number of hydrogen-bond donors (Lipinski definition) is 0. The van der Waals surface area contributed by atoms with E-state index in [-0.39, 0.29) is 6.04 Å². The summed E-state index contributed by atoms with van der Waals surface area (Å²) < 4.78 is 22.8. The summed E-state index contributed by atoms with van der Waals surface area (Å²) in [6.45, 7) is 6.79. The van der Waals surface area contributed by atoms with E-state index >= 15 is 0 Å². The third-order valence-electron chi connectivity index (χ3n) is 7.72. The van der Waals surface area contributed by atoms with E-state index in [1.165, 1.54) is 0 Å². The van der Waals surface area contributed by atoms with Crippen LogP contribution in [0.1, 0.15) is 48.5 Å². The molecule has 4 bridgehead atoms. The number of carbonyl (C=O) groups is 1. The molecule has 0 spiro atoms. The second-order valence-corrected chi connectivity index (χ2v) is 10.5. The number of tetrazole rings is 1. The Morgan fingerprint density at radius 2 is 1.56 bits per heavy atom. The summed E-state index contributed by atoms with van der Waals surface area (Å²) in [4.78, 5) is 19.7. The average molecular weight is 565 g/mol. The summed E-state index contributed by atoms with van der Waals surface area (Å²) in [5.74, 6) is 1.55. The van der Waals surface area contributed by atoms with Crippen molar-refractivity contribution in [2.24, 2.45) is 0 Å². The van der Waals surface area contributed by atoms with Crippen molar-refractivity contribution in [2.75, 3.05) is 66.7 Å². The Morgan fingerprint density at radius 3 is 2.34 bits per heavy atom. The van der Waals surface area contributed by atoms with E-state index in [2.05, 4.69) is 20.1 Å². The predicted octanol–water partition coefficient (Wildman–Crippen LogP) is 3.72. The molecule has 2 aliphatic rings. The van der Waals surface area contributed by atoms with Crippen LogP contribution in [0.25, 0.3) is 11.4 Å². The molecule has 3 aromatic rings. The van der Waals surface area contributed by atoms with E-state index < -0.39 is 5.97 Å². The normalized spacial score (nSPS) is 22.8. The lowest BCUT2D eigenvalue weighted by molar-refractivity contribution is 0.0487. The standard InChI is InChI=1S/C30H40N6O5/c1-38-26-21-24-22-27(28(26)39-2)40-19-6-11-25(36-32-29(31-33-36)23-9-4-3-5-10-23)12-16-35-14-7-13-34(17-18-35)15-8-20-41-30(24)37/h3-5,9-10,21-22,25H,6-8,11-20H2,1-2H3. The van der Waals surface area contributed by atoms with E-state index in [0.717, 1.165) is 76.9 Å². The summed E-state index contributed by atoms with van der Waals surface area (Å²) in [5.41, 5.74) is 1.32. The Hall–Kier alpha value is -3.70. The Balaban J connectivity index is 1.36. The largest absolute Gasteiger partial charge is 0.493 e. The van der Waals surface area contributed by atoms with Crippen LogP contribution in [0.3, 0.4) is 0 Å². The van der Waals surface area contributed by atoms with Crippen LogP contribution in [0.5, 0.6) is 17.2 Å². The molecule has 11 nitrogen and oxygen atoms in total. The number of rotatable bonds is 4. The fourth-order valence-corrected chi connectivity index (χ4v) is 5.45. The molecule has 5 rings (SSSR count). The fourth-order valence-electron chi connectivity index (χ4n) is 5.45. The van der Waals surface area contributed by atoms with E-state index in [0.29, 0.717) is 41.9 Å². The number of carbonyl (C=O) groups excluding carboxylic acids is 1. The van der Waals surface area contributed by atoms with Crippen molar-refractivity contribution >= 4 is 5.97 Å². The molecule has 0 aliphatic carbocycles. The van der Waals surface area contributed by atoms with Gasteiger partial charge in [-0.15, -0.1) is 10.2 Å². The molecule has 11 heteroatoms. The highest BCUT2D eigenvalue weighted by molar-refractivity contribution is 5.91. The van der Waals surface area contributed by atoms with Gasteiger partial charge in [-0.3, -0.25) is 0 Å². The van der Waals surface area contributed by atoms with E-state index in [1.54, 1.807) is 31.1 Å². The molecule has 3 unspecified atom stereocenters. The smallest absolute Gasteiger partial charge is 0.338 e. The summed E-state index contributed by atoms with van der Waals surface area (Å²) >= 11 is 0. The second kappa shape index (κ2) is 14.3. The van der Waals surface area contributed by atoms with E-state index in [1.807, 2.05) is 30.3 Å². The van der Waals surface area contributed by atoms with Gasteiger partial charge < -0.3 is 28.7 Å². The number of benzene rings is 2. The molecule has 0 amide bonds. The molecule has 41 heavy (non-hydrogen) atoms. The van der Waals surface area contributed by atoms with Crippen LogP contribution >= 0.6 is 0 Å². The van der Waals surface area contributed by atoms with Crippen LogP contribution in [0, 0.1) is 0 Å². The first-order valence-electron chi connectivity index (χ1n) is 14.5. The highest BCUT2D eigenvalue weighted by Gasteiger charge is 2.22. The van der Waals surface area contributed by atoms with E-state index in [4.69, 9.17) is 24.0 Å². The molecule has 2 aromatic carbocycles. The van der Waals surface area contributed by atoms with Crippen molar-refractivity contribution in [2.45, 2.75) is 38.1 Å². The first-order chi connectivity index (χ1) is 20.1.